The Balaban J connectivity index is 1.95. The number of thiophene rings is 1. The molecule has 0 bridgehead atoms. The molecule has 0 aliphatic carbocycles. The van der Waals surface area contributed by atoms with Gasteiger partial charge in [-0.1, -0.05) is 0 Å². The molecule has 30 heavy (non-hydrogen) atoms. The van der Waals surface area contributed by atoms with E-state index < -0.39 is 5.97 Å². The Morgan fingerprint density at radius 1 is 1.17 bits per heavy atom. The predicted molar refractivity (Wildman–Crippen MR) is 117 cm³/mol. The Labute approximate surface area is 180 Å². The fourth-order valence-corrected chi connectivity index (χ4v) is 4.74. The van der Waals surface area contributed by atoms with Crippen molar-refractivity contribution in [2.45, 2.75) is 39.8 Å². The van der Waals surface area contributed by atoms with Gasteiger partial charge < -0.3 is 19.5 Å². The molecule has 0 radical (unpaired) electrons. The zero-order chi connectivity index (χ0) is 21.8. The minimum atomic E-state index is -0.397. The highest BCUT2D eigenvalue weighted by Gasteiger charge is 2.30. The molecule has 1 aliphatic rings. The summed E-state index contributed by atoms with van der Waals surface area (Å²) in [7, 11) is 3.06. The number of nitrogens with one attached hydrogen (secondary N) is 1. The van der Waals surface area contributed by atoms with Gasteiger partial charge in [0.1, 0.15) is 16.5 Å². The van der Waals surface area contributed by atoms with E-state index in [1.807, 2.05) is 0 Å². The summed E-state index contributed by atoms with van der Waals surface area (Å²) in [4.78, 5) is 29.2. The molecule has 8 heteroatoms. The van der Waals surface area contributed by atoms with Crippen LogP contribution in [0.1, 0.15) is 51.9 Å². The highest BCUT2D eigenvalue weighted by molar-refractivity contribution is 7.17. The van der Waals surface area contributed by atoms with Crippen molar-refractivity contribution in [2.75, 3.05) is 32.7 Å². The number of benzene rings is 1. The fourth-order valence-electron chi connectivity index (χ4n) is 3.49. The van der Waals surface area contributed by atoms with Gasteiger partial charge in [0.15, 0.2) is 0 Å². The number of carbonyl (C=O) groups is 2. The molecule has 0 fully saturated rings. The van der Waals surface area contributed by atoms with Gasteiger partial charge in [0.25, 0.3) is 5.91 Å². The molecule has 2 heterocycles. The van der Waals surface area contributed by atoms with Crippen LogP contribution in [0, 0.1) is 0 Å². The molecule has 162 valence electrons. The third-order valence-corrected chi connectivity index (χ3v) is 6.27. The number of methoxy groups -OCH3 is 2. The lowest BCUT2D eigenvalue weighted by Crippen LogP contribution is -2.35. The largest absolute Gasteiger partial charge is 0.497 e. The monoisotopic (exact) mass is 432 g/mol. The van der Waals surface area contributed by atoms with E-state index in [0.717, 1.165) is 30.0 Å². The van der Waals surface area contributed by atoms with Crippen molar-refractivity contribution in [3.8, 4) is 11.5 Å². The highest BCUT2D eigenvalue weighted by atomic mass is 32.1. The molecule has 1 N–H and O–H groups in total. The van der Waals surface area contributed by atoms with Crippen LogP contribution in [0.5, 0.6) is 11.5 Å². The Bertz CT molecular complexity index is 916. The molecule has 0 saturated heterocycles. The van der Waals surface area contributed by atoms with Crippen LogP contribution in [0.4, 0.5) is 5.00 Å². The molecular weight excluding hydrogens is 404 g/mol. The van der Waals surface area contributed by atoms with Crippen molar-refractivity contribution in [1.29, 1.82) is 0 Å². The van der Waals surface area contributed by atoms with Gasteiger partial charge in [0.05, 0.1) is 26.4 Å². The molecule has 7 nitrogen and oxygen atoms in total. The number of anilines is 1. The SMILES string of the molecule is CCOC(=O)c1c(NC(=O)c2cc(OC)cc(OC)c2)sc2c1CCN(C(C)C)C2. The van der Waals surface area contributed by atoms with Gasteiger partial charge in [0, 0.05) is 35.6 Å². The molecule has 0 atom stereocenters. The lowest BCUT2D eigenvalue weighted by molar-refractivity contribution is 0.0526. The molecule has 1 aliphatic heterocycles. The molecular formula is C22H28N2O5S. The summed E-state index contributed by atoms with van der Waals surface area (Å²) in [5.74, 6) is 0.301. The maximum absolute atomic E-state index is 13.0. The van der Waals surface area contributed by atoms with Crippen LogP contribution >= 0.6 is 11.3 Å². The summed E-state index contributed by atoms with van der Waals surface area (Å²) >= 11 is 1.44. The summed E-state index contributed by atoms with van der Waals surface area (Å²) in [6.07, 6.45) is 0.751. The van der Waals surface area contributed by atoms with Gasteiger partial charge in [0.2, 0.25) is 0 Å². The van der Waals surface area contributed by atoms with Gasteiger partial charge in [-0.15, -0.1) is 11.3 Å². The minimum Gasteiger partial charge on any atom is -0.497 e. The molecule has 1 aromatic heterocycles. The number of fused-ring (bicyclic) bond motifs is 1. The Hall–Kier alpha value is -2.58. The highest BCUT2D eigenvalue weighted by Crippen LogP contribution is 2.38. The first-order valence-corrected chi connectivity index (χ1v) is 10.8. The first-order valence-electron chi connectivity index (χ1n) is 9.98. The number of amides is 1. The Morgan fingerprint density at radius 2 is 1.83 bits per heavy atom. The van der Waals surface area contributed by atoms with Crippen LogP contribution in [-0.4, -0.2) is 50.2 Å². The second-order valence-electron chi connectivity index (χ2n) is 7.30. The molecule has 1 aromatic carbocycles. The molecule has 1 amide bonds. The van der Waals surface area contributed by atoms with E-state index >= 15 is 0 Å². The maximum atomic E-state index is 13.0. The smallest absolute Gasteiger partial charge is 0.341 e. The second kappa shape index (κ2) is 9.49. The van der Waals surface area contributed by atoms with Crippen LogP contribution in [0.3, 0.4) is 0 Å². The number of hydrogen-bond acceptors (Lipinski definition) is 7. The third-order valence-electron chi connectivity index (χ3n) is 5.14. The molecule has 3 rings (SSSR count). The van der Waals surface area contributed by atoms with E-state index in [0.29, 0.717) is 33.7 Å². The Kier molecular flexibility index (Phi) is 6.99. The third kappa shape index (κ3) is 4.60. The average molecular weight is 433 g/mol. The van der Waals surface area contributed by atoms with Gasteiger partial charge in [-0.3, -0.25) is 9.69 Å². The molecule has 0 saturated carbocycles. The van der Waals surface area contributed by atoms with Gasteiger partial charge in [-0.25, -0.2) is 4.79 Å². The standard InChI is InChI=1S/C22H28N2O5S/c1-6-29-22(26)19-17-7-8-24(13(2)3)12-18(17)30-21(19)23-20(25)14-9-15(27-4)11-16(10-14)28-5/h9-11,13H,6-8,12H2,1-5H3,(H,23,25). The lowest BCUT2D eigenvalue weighted by atomic mass is 10.0. The zero-order valence-corrected chi connectivity index (χ0v) is 18.9. The van der Waals surface area contributed by atoms with E-state index in [4.69, 9.17) is 14.2 Å². The minimum absolute atomic E-state index is 0.280. The van der Waals surface area contributed by atoms with Crippen LogP contribution in [0.15, 0.2) is 18.2 Å². The van der Waals surface area contributed by atoms with Gasteiger partial charge >= 0.3 is 5.97 Å². The van der Waals surface area contributed by atoms with Crippen LogP contribution in [0.2, 0.25) is 0 Å². The van der Waals surface area contributed by atoms with Gasteiger partial charge in [-0.2, -0.15) is 0 Å². The number of esters is 1. The van der Waals surface area contributed by atoms with Crippen LogP contribution < -0.4 is 14.8 Å². The lowest BCUT2D eigenvalue weighted by Gasteiger charge is -2.30. The van der Waals surface area contributed by atoms with Crippen LogP contribution in [0.25, 0.3) is 0 Å². The number of rotatable bonds is 7. The topological polar surface area (TPSA) is 77.1 Å². The van der Waals surface area contributed by atoms with Crippen molar-refractivity contribution < 1.29 is 23.8 Å². The van der Waals surface area contributed by atoms with Crippen LogP contribution in [-0.2, 0) is 17.7 Å². The Morgan fingerprint density at radius 3 is 2.40 bits per heavy atom. The summed E-state index contributed by atoms with van der Waals surface area (Å²) in [5.41, 5.74) is 1.84. The maximum Gasteiger partial charge on any atom is 0.341 e. The predicted octanol–water partition coefficient (Wildman–Crippen LogP) is 3.96. The number of ether oxygens (including phenoxy) is 3. The quantitative estimate of drug-likeness (QED) is 0.668. The van der Waals surface area contributed by atoms with E-state index in [2.05, 4.69) is 24.1 Å². The first-order chi connectivity index (χ1) is 14.4. The summed E-state index contributed by atoms with van der Waals surface area (Å²) in [6, 6.07) is 5.38. The number of nitrogens with zero attached hydrogens (tertiary/aromatic N) is 1. The normalized spacial score (nSPS) is 13.7. The van der Waals surface area contributed by atoms with E-state index in [1.54, 1.807) is 25.1 Å². The zero-order valence-electron chi connectivity index (χ0n) is 18.0. The number of hydrogen-bond donors (Lipinski definition) is 1. The van der Waals surface area contributed by atoms with Crippen molar-refractivity contribution in [3.05, 3.63) is 39.8 Å². The van der Waals surface area contributed by atoms with E-state index in [9.17, 15) is 9.59 Å². The summed E-state index contributed by atoms with van der Waals surface area (Å²) in [5, 5.41) is 3.44. The molecule has 0 unspecified atom stereocenters. The van der Waals surface area contributed by atoms with Gasteiger partial charge in [-0.05, 0) is 44.9 Å². The van der Waals surface area contributed by atoms with E-state index in [1.165, 1.54) is 25.6 Å². The first kappa shape index (κ1) is 22.1. The van der Waals surface area contributed by atoms with Crippen molar-refractivity contribution in [1.82, 2.24) is 4.90 Å². The van der Waals surface area contributed by atoms with E-state index in [-0.39, 0.29) is 12.5 Å². The van der Waals surface area contributed by atoms with Crippen molar-refractivity contribution >= 4 is 28.2 Å². The second-order valence-corrected chi connectivity index (χ2v) is 8.40. The molecule has 2 aromatic rings. The fraction of sp³-hybridized carbons (Fsp3) is 0.455. The van der Waals surface area contributed by atoms with Crippen molar-refractivity contribution in [2.24, 2.45) is 0 Å². The average Bonchev–Trinajstić information content (AvgIpc) is 3.10. The number of carbonyl (C=O) groups excluding carboxylic acids is 2. The van der Waals surface area contributed by atoms with Crippen molar-refractivity contribution in [3.63, 3.8) is 0 Å². The summed E-state index contributed by atoms with van der Waals surface area (Å²) in [6.45, 7) is 7.99. The molecule has 0 spiro atoms. The summed E-state index contributed by atoms with van der Waals surface area (Å²) < 4.78 is 15.8.